The number of hydrogen-bond acceptors (Lipinski definition) is 6. The summed E-state index contributed by atoms with van der Waals surface area (Å²) in [5.41, 5.74) is 2.15. The summed E-state index contributed by atoms with van der Waals surface area (Å²) in [4.78, 5) is 16.1. The third-order valence-corrected chi connectivity index (χ3v) is 6.87. The molecule has 1 saturated heterocycles. The van der Waals surface area contributed by atoms with Gasteiger partial charge in [0.05, 0.1) is 16.8 Å². The standard InChI is InChI=1S/C18H22N2O3S2/c1-12-13(2)23-17(20-12)10-19-16(21)11-22-15-6-4-14(5-7-15)18-24-8-3-9-25-18/h4-7,18H,3,8-11H2,1-2H3,(H,19,21). The molecule has 1 aliphatic rings. The van der Waals surface area contributed by atoms with Crippen LogP contribution >= 0.6 is 23.5 Å². The highest BCUT2D eigenvalue weighted by molar-refractivity contribution is 8.16. The molecule has 1 N–H and O–H groups in total. The van der Waals surface area contributed by atoms with Crippen molar-refractivity contribution in [3.05, 3.63) is 47.2 Å². The third kappa shape index (κ3) is 5.19. The first-order chi connectivity index (χ1) is 12.1. The Bertz CT molecular complexity index is 690. The van der Waals surface area contributed by atoms with E-state index in [4.69, 9.17) is 9.15 Å². The number of hydrogen-bond donors (Lipinski definition) is 1. The van der Waals surface area contributed by atoms with E-state index in [1.807, 2.05) is 49.5 Å². The summed E-state index contributed by atoms with van der Waals surface area (Å²) in [7, 11) is 0. The molecule has 0 unspecified atom stereocenters. The molecule has 1 aliphatic heterocycles. The van der Waals surface area contributed by atoms with E-state index in [2.05, 4.69) is 22.4 Å². The van der Waals surface area contributed by atoms with Crippen molar-refractivity contribution < 1.29 is 13.9 Å². The minimum atomic E-state index is -0.198. The largest absolute Gasteiger partial charge is 0.484 e. The number of carbonyl (C=O) groups excluding carboxylic acids is 1. The molecule has 7 heteroatoms. The number of rotatable bonds is 6. The Morgan fingerprint density at radius 1 is 1.28 bits per heavy atom. The molecule has 0 bridgehead atoms. The fourth-order valence-electron chi connectivity index (χ4n) is 2.39. The van der Waals surface area contributed by atoms with Gasteiger partial charge in [-0.2, -0.15) is 0 Å². The van der Waals surface area contributed by atoms with E-state index in [1.165, 1.54) is 23.5 Å². The van der Waals surface area contributed by atoms with Crippen LogP contribution in [0.5, 0.6) is 5.75 Å². The second kappa shape index (κ2) is 8.67. The summed E-state index contributed by atoms with van der Waals surface area (Å²) in [5, 5.41) is 2.75. The maximum atomic E-state index is 11.9. The lowest BCUT2D eigenvalue weighted by molar-refractivity contribution is -0.123. The van der Waals surface area contributed by atoms with Gasteiger partial charge in [-0.25, -0.2) is 4.98 Å². The van der Waals surface area contributed by atoms with Crippen LogP contribution in [0.4, 0.5) is 0 Å². The zero-order valence-corrected chi connectivity index (χ0v) is 16.0. The predicted molar refractivity (Wildman–Crippen MR) is 102 cm³/mol. The van der Waals surface area contributed by atoms with Crippen LogP contribution in [0.1, 0.15) is 33.9 Å². The summed E-state index contributed by atoms with van der Waals surface area (Å²) in [5.74, 6) is 4.23. The van der Waals surface area contributed by atoms with Crippen LogP contribution in [-0.2, 0) is 11.3 Å². The average molecular weight is 379 g/mol. The molecule has 2 heterocycles. The van der Waals surface area contributed by atoms with Gasteiger partial charge in [0.25, 0.3) is 5.91 Å². The van der Waals surface area contributed by atoms with E-state index < -0.39 is 0 Å². The maximum Gasteiger partial charge on any atom is 0.258 e. The number of amides is 1. The monoisotopic (exact) mass is 378 g/mol. The molecule has 5 nitrogen and oxygen atoms in total. The van der Waals surface area contributed by atoms with Gasteiger partial charge in [-0.3, -0.25) is 4.79 Å². The van der Waals surface area contributed by atoms with E-state index in [9.17, 15) is 4.79 Å². The number of nitrogens with one attached hydrogen (secondary N) is 1. The van der Waals surface area contributed by atoms with Gasteiger partial charge in [0.15, 0.2) is 6.61 Å². The van der Waals surface area contributed by atoms with Crippen LogP contribution in [0.2, 0.25) is 0 Å². The number of aryl methyl sites for hydroxylation is 2. The first-order valence-corrected chi connectivity index (χ1v) is 10.4. The van der Waals surface area contributed by atoms with Crippen molar-refractivity contribution >= 4 is 29.4 Å². The molecule has 1 aromatic carbocycles. The van der Waals surface area contributed by atoms with Crippen LogP contribution in [0.25, 0.3) is 0 Å². The minimum Gasteiger partial charge on any atom is -0.484 e. The Hall–Kier alpha value is -1.60. The van der Waals surface area contributed by atoms with Crippen molar-refractivity contribution in [2.75, 3.05) is 18.1 Å². The summed E-state index contributed by atoms with van der Waals surface area (Å²) < 4.78 is 11.5. The first-order valence-electron chi connectivity index (χ1n) is 8.27. The lowest BCUT2D eigenvalue weighted by atomic mass is 10.2. The second-order valence-electron chi connectivity index (χ2n) is 5.81. The van der Waals surface area contributed by atoms with Gasteiger partial charge in [0.2, 0.25) is 5.89 Å². The highest BCUT2D eigenvalue weighted by Gasteiger charge is 2.16. The van der Waals surface area contributed by atoms with Gasteiger partial charge >= 0.3 is 0 Å². The van der Waals surface area contributed by atoms with Crippen LogP contribution in [-0.4, -0.2) is 29.0 Å². The summed E-state index contributed by atoms with van der Waals surface area (Å²) >= 11 is 3.98. The van der Waals surface area contributed by atoms with Crippen molar-refractivity contribution in [3.63, 3.8) is 0 Å². The van der Waals surface area contributed by atoms with Gasteiger partial charge in [-0.05, 0) is 49.5 Å². The second-order valence-corrected chi connectivity index (χ2v) is 8.54. The lowest BCUT2D eigenvalue weighted by Gasteiger charge is -2.21. The van der Waals surface area contributed by atoms with Gasteiger partial charge in [-0.15, -0.1) is 23.5 Å². The number of oxazole rings is 1. The summed E-state index contributed by atoms with van der Waals surface area (Å²) in [6.45, 7) is 3.98. The SMILES string of the molecule is Cc1nc(CNC(=O)COc2ccc(C3SCCCS3)cc2)oc1C. The fourth-order valence-corrected chi connectivity index (χ4v) is 5.28. The molecule has 2 aromatic rings. The molecule has 25 heavy (non-hydrogen) atoms. The van der Waals surface area contributed by atoms with E-state index in [-0.39, 0.29) is 19.1 Å². The molecular formula is C18H22N2O3S2. The molecule has 3 rings (SSSR count). The van der Waals surface area contributed by atoms with Crippen molar-refractivity contribution in [2.24, 2.45) is 0 Å². The Balaban J connectivity index is 1.43. The summed E-state index contributed by atoms with van der Waals surface area (Å²) in [6, 6.07) is 8.03. The van der Waals surface area contributed by atoms with Gasteiger partial charge < -0.3 is 14.5 Å². The van der Waals surface area contributed by atoms with Crippen LogP contribution in [0, 0.1) is 13.8 Å². The average Bonchev–Trinajstić information content (AvgIpc) is 2.97. The molecule has 0 radical (unpaired) electrons. The first kappa shape index (κ1) is 18.2. The topological polar surface area (TPSA) is 64.4 Å². The third-order valence-electron chi connectivity index (χ3n) is 3.86. The Morgan fingerprint density at radius 3 is 2.64 bits per heavy atom. The molecule has 0 saturated carbocycles. The van der Waals surface area contributed by atoms with Crippen molar-refractivity contribution in [1.82, 2.24) is 10.3 Å². The van der Waals surface area contributed by atoms with Crippen molar-refractivity contribution in [1.29, 1.82) is 0 Å². The quantitative estimate of drug-likeness (QED) is 0.824. The zero-order valence-electron chi connectivity index (χ0n) is 14.4. The van der Waals surface area contributed by atoms with Crippen molar-refractivity contribution in [3.8, 4) is 5.75 Å². The molecule has 0 spiro atoms. The maximum absolute atomic E-state index is 11.9. The number of nitrogens with zero attached hydrogens (tertiary/aromatic N) is 1. The molecule has 1 fully saturated rings. The zero-order chi connectivity index (χ0) is 17.6. The Labute approximate surface area is 156 Å². The number of benzene rings is 1. The highest BCUT2D eigenvalue weighted by atomic mass is 32.2. The molecule has 0 aliphatic carbocycles. The smallest absolute Gasteiger partial charge is 0.258 e. The van der Waals surface area contributed by atoms with E-state index in [1.54, 1.807) is 0 Å². The normalized spacial score (nSPS) is 15.1. The highest BCUT2D eigenvalue weighted by Crippen LogP contribution is 2.43. The van der Waals surface area contributed by atoms with Gasteiger partial charge in [-0.1, -0.05) is 12.1 Å². The molecule has 134 valence electrons. The number of aromatic nitrogens is 1. The van der Waals surface area contributed by atoms with Gasteiger partial charge in [0.1, 0.15) is 11.5 Å². The molecular weight excluding hydrogens is 356 g/mol. The fraction of sp³-hybridized carbons (Fsp3) is 0.444. The lowest BCUT2D eigenvalue weighted by Crippen LogP contribution is -2.28. The Morgan fingerprint density at radius 2 is 2.00 bits per heavy atom. The molecule has 1 aromatic heterocycles. The number of ether oxygens (including phenoxy) is 1. The predicted octanol–water partition coefficient (Wildman–Crippen LogP) is 3.86. The minimum absolute atomic E-state index is 0.0229. The molecule has 1 amide bonds. The number of thioether (sulfide) groups is 2. The van der Waals surface area contributed by atoms with Crippen LogP contribution in [0.3, 0.4) is 0 Å². The summed E-state index contributed by atoms with van der Waals surface area (Å²) in [6.07, 6.45) is 1.29. The van der Waals surface area contributed by atoms with E-state index >= 15 is 0 Å². The van der Waals surface area contributed by atoms with Crippen molar-refractivity contribution in [2.45, 2.75) is 31.4 Å². The van der Waals surface area contributed by atoms with Crippen LogP contribution < -0.4 is 10.1 Å². The number of carbonyl (C=O) groups is 1. The van der Waals surface area contributed by atoms with Gasteiger partial charge in [0, 0.05) is 0 Å². The molecule has 0 atom stereocenters. The van der Waals surface area contributed by atoms with Crippen LogP contribution in [0.15, 0.2) is 28.7 Å². The van der Waals surface area contributed by atoms with E-state index in [0.717, 1.165) is 11.5 Å². The Kier molecular flexibility index (Phi) is 6.31. The van der Waals surface area contributed by atoms with E-state index in [0.29, 0.717) is 16.2 Å².